The van der Waals surface area contributed by atoms with Crippen molar-refractivity contribution in [2.45, 2.75) is 31.7 Å². The summed E-state index contributed by atoms with van der Waals surface area (Å²) in [5.74, 6) is 0. The third-order valence-electron chi connectivity index (χ3n) is 3.36. The number of nitrogens with one attached hydrogen (secondary N) is 1. The van der Waals surface area contributed by atoms with Gasteiger partial charge < -0.3 is 10.6 Å². The first kappa shape index (κ1) is 17.1. The molecular weight excluding hydrogens is 274 g/mol. The van der Waals surface area contributed by atoms with E-state index in [1.54, 1.807) is 6.07 Å². The minimum atomic E-state index is -3.47. The van der Waals surface area contributed by atoms with Gasteiger partial charge in [-0.05, 0) is 37.2 Å². The predicted octanol–water partition coefficient (Wildman–Crippen LogP) is 0.938. The Hall–Kier alpha value is -0.950. The van der Waals surface area contributed by atoms with Crippen molar-refractivity contribution in [2.75, 3.05) is 26.7 Å². The maximum Gasteiger partial charge on any atom is 0.240 e. The molecule has 0 heterocycles. The zero-order chi connectivity index (χ0) is 15.2. The number of rotatable bonds is 8. The van der Waals surface area contributed by atoms with E-state index in [9.17, 15) is 8.42 Å². The fourth-order valence-corrected chi connectivity index (χ4v) is 3.25. The number of likely N-dealkylation sites (N-methyl/N-ethyl adjacent to an activating group) is 1. The van der Waals surface area contributed by atoms with Crippen molar-refractivity contribution in [1.29, 1.82) is 0 Å². The fourth-order valence-electron chi connectivity index (χ4n) is 1.87. The molecule has 0 fully saturated rings. The topological polar surface area (TPSA) is 75.4 Å². The molecule has 0 bridgehead atoms. The summed E-state index contributed by atoms with van der Waals surface area (Å²) in [5.41, 5.74) is 7.23. The van der Waals surface area contributed by atoms with Gasteiger partial charge in [-0.2, -0.15) is 0 Å². The first-order valence-corrected chi connectivity index (χ1v) is 8.43. The van der Waals surface area contributed by atoms with Crippen LogP contribution >= 0.6 is 0 Å². The Morgan fingerprint density at radius 3 is 2.55 bits per heavy atom. The van der Waals surface area contributed by atoms with Gasteiger partial charge >= 0.3 is 0 Å². The first-order valence-electron chi connectivity index (χ1n) is 6.94. The Labute approximate surface area is 122 Å². The molecule has 114 valence electrons. The van der Waals surface area contributed by atoms with E-state index in [0.717, 1.165) is 17.7 Å². The molecule has 5 nitrogen and oxygen atoms in total. The third kappa shape index (κ3) is 4.56. The standard InChI is InChI=1S/C14H25N3O2S/c1-4-13-7-6-12(11-15)10-14(13)20(18,19)16-8-9-17(3)5-2/h6-7,10,16H,4-5,8-9,11,15H2,1-3H3. The van der Waals surface area contributed by atoms with Crippen LogP contribution in [0.5, 0.6) is 0 Å². The minimum absolute atomic E-state index is 0.338. The number of aryl methyl sites for hydroxylation is 1. The van der Waals surface area contributed by atoms with Crippen molar-refractivity contribution in [3.8, 4) is 0 Å². The zero-order valence-electron chi connectivity index (χ0n) is 12.5. The molecule has 6 heteroatoms. The lowest BCUT2D eigenvalue weighted by Crippen LogP contribution is -2.33. The van der Waals surface area contributed by atoms with Crippen LogP contribution in [0.3, 0.4) is 0 Å². The normalized spacial score (nSPS) is 12.1. The molecule has 0 saturated carbocycles. The van der Waals surface area contributed by atoms with Crippen LogP contribution in [0, 0.1) is 0 Å². The van der Waals surface area contributed by atoms with E-state index in [2.05, 4.69) is 9.62 Å². The van der Waals surface area contributed by atoms with Crippen LogP contribution in [0.1, 0.15) is 25.0 Å². The van der Waals surface area contributed by atoms with Gasteiger partial charge in [-0.3, -0.25) is 0 Å². The maximum absolute atomic E-state index is 12.4. The predicted molar refractivity (Wildman–Crippen MR) is 82.1 cm³/mol. The summed E-state index contributed by atoms with van der Waals surface area (Å²) in [6, 6.07) is 5.39. The summed E-state index contributed by atoms with van der Waals surface area (Å²) in [7, 11) is -1.51. The molecule has 20 heavy (non-hydrogen) atoms. The zero-order valence-corrected chi connectivity index (χ0v) is 13.3. The van der Waals surface area contributed by atoms with Gasteiger partial charge in [-0.15, -0.1) is 0 Å². The Bertz CT molecular complexity index is 529. The van der Waals surface area contributed by atoms with Gasteiger partial charge in [0.2, 0.25) is 10.0 Å². The molecule has 0 aromatic heterocycles. The van der Waals surface area contributed by atoms with Gasteiger partial charge in [-0.25, -0.2) is 13.1 Å². The Morgan fingerprint density at radius 1 is 1.30 bits per heavy atom. The number of hydrogen-bond acceptors (Lipinski definition) is 4. The van der Waals surface area contributed by atoms with Crippen LogP contribution in [0.15, 0.2) is 23.1 Å². The van der Waals surface area contributed by atoms with Crippen LogP contribution in [0.4, 0.5) is 0 Å². The molecule has 0 unspecified atom stereocenters. The van der Waals surface area contributed by atoms with Gasteiger partial charge in [0.05, 0.1) is 4.90 Å². The van der Waals surface area contributed by atoms with Crippen LogP contribution in [-0.4, -0.2) is 40.0 Å². The number of hydrogen-bond donors (Lipinski definition) is 2. The van der Waals surface area contributed by atoms with Gasteiger partial charge in [0, 0.05) is 19.6 Å². The molecule has 0 spiro atoms. The average molecular weight is 299 g/mol. The molecule has 0 saturated heterocycles. The van der Waals surface area contributed by atoms with E-state index in [1.165, 1.54) is 0 Å². The highest BCUT2D eigenvalue weighted by Gasteiger charge is 2.17. The van der Waals surface area contributed by atoms with Crippen LogP contribution in [0.2, 0.25) is 0 Å². The van der Waals surface area contributed by atoms with E-state index >= 15 is 0 Å². The van der Waals surface area contributed by atoms with Gasteiger partial charge in [0.1, 0.15) is 0 Å². The molecule has 3 N–H and O–H groups in total. The lowest BCUT2D eigenvalue weighted by molar-refractivity contribution is 0.358. The summed E-state index contributed by atoms with van der Waals surface area (Å²) >= 11 is 0. The largest absolute Gasteiger partial charge is 0.326 e. The number of sulfonamides is 1. The Balaban J connectivity index is 2.90. The van der Waals surface area contributed by atoms with Crippen molar-refractivity contribution >= 4 is 10.0 Å². The molecule has 1 aromatic carbocycles. The fraction of sp³-hybridized carbons (Fsp3) is 0.571. The smallest absolute Gasteiger partial charge is 0.240 e. The average Bonchev–Trinajstić information content (AvgIpc) is 2.46. The number of nitrogens with two attached hydrogens (primary N) is 1. The number of nitrogens with zero attached hydrogens (tertiary/aromatic N) is 1. The van der Waals surface area contributed by atoms with Crippen LogP contribution in [0.25, 0.3) is 0 Å². The summed E-state index contributed by atoms with van der Waals surface area (Å²) in [4.78, 5) is 2.40. The summed E-state index contributed by atoms with van der Waals surface area (Å²) in [5, 5.41) is 0. The molecular formula is C14H25N3O2S. The monoisotopic (exact) mass is 299 g/mol. The summed E-state index contributed by atoms with van der Waals surface area (Å²) in [6.07, 6.45) is 0.677. The van der Waals surface area contributed by atoms with E-state index in [1.807, 2.05) is 33.0 Å². The molecule has 1 aromatic rings. The number of benzene rings is 1. The van der Waals surface area contributed by atoms with E-state index in [4.69, 9.17) is 5.73 Å². The van der Waals surface area contributed by atoms with Crippen molar-refractivity contribution in [2.24, 2.45) is 5.73 Å². The van der Waals surface area contributed by atoms with Crippen molar-refractivity contribution in [3.05, 3.63) is 29.3 Å². The molecule has 0 aliphatic heterocycles. The van der Waals surface area contributed by atoms with Crippen LogP contribution < -0.4 is 10.5 Å². The lowest BCUT2D eigenvalue weighted by Gasteiger charge is -2.15. The Morgan fingerprint density at radius 2 is 2.00 bits per heavy atom. The third-order valence-corrected chi connectivity index (χ3v) is 4.91. The highest BCUT2D eigenvalue weighted by molar-refractivity contribution is 7.89. The van der Waals surface area contributed by atoms with Crippen molar-refractivity contribution in [3.63, 3.8) is 0 Å². The SMILES string of the molecule is CCc1ccc(CN)cc1S(=O)(=O)NCCN(C)CC. The molecule has 0 amide bonds. The quantitative estimate of drug-likeness (QED) is 0.749. The summed E-state index contributed by atoms with van der Waals surface area (Å²) in [6.45, 7) is 6.31. The lowest BCUT2D eigenvalue weighted by atomic mass is 10.1. The summed E-state index contributed by atoms with van der Waals surface area (Å²) < 4.78 is 27.4. The maximum atomic E-state index is 12.4. The van der Waals surface area contributed by atoms with Crippen molar-refractivity contribution in [1.82, 2.24) is 9.62 Å². The van der Waals surface area contributed by atoms with E-state index in [-0.39, 0.29) is 0 Å². The molecule has 0 aliphatic rings. The molecule has 0 atom stereocenters. The molecule has 0 radical (unpaired) electrons. The second-order valence-corrected chi connectivity index (χ2v) is 6.53. The second-order valence-electron chi connectivity index (χ2n) is 4.79. The van der Waals surface area contributed by atoms with Gasteiger partial charge in [0.15, 0.2) is 0 Å². The van der Waals surface area contributed by atoms with Gasteiger partial charge in [-0.1, -0.05) is 26.0 Å². The molecule has 1 rings (SSSR count). The Kier molecular flexibility index (Phi) is 6.61. The van der Waals surface area contributed by atoms with E-state index < -0.39 is 10.0 Å². The van der Waals surface area contributed by atoms with Crippen molar-refractivity contribution < 1.29 is 8.42 Å². The van der Waals surface area contributed by atoms with Gasteiger partial charge in [0.25, 0.3) is 0 Å². The highest BCUT2D eigenvalue weighted by atomic mass is 32.2. The second kappa shape index (κ2) is 7.73. The van der Waals surface area contributed by atoms with E-state index in [0.29, 0.717) is 31.0 Å². The molecule has 0 aliphatic carbocycles. The minimum Gasteiger partial charge on any atom is -0.326 e. The first-order chi connectivity index (χ1) is 9.44. The highest BCUT2D eigenvalue weighted by Crippen LogP contribution is 2.18. The van der Waals surface area contributed by atoms with Crippen LogP contribution in [-0.2, 0) is 23.0 Å².